The summed E-state index contributed by atoms with van der Waals surface area (Å²) in [7, 11) is 1.71. The molecule has 2 saturated carbocycles. The number of hydrogen-bond acceptors (Lipinski definition) is 5. The van der Waals surface area contributed by atoms with Gasteiger partial charge in [-0.1, -0.05) is 12.1 Å². The van der Waals surface area contributed by atoms with Gasteiger partial charge in [0.25, 0.3) is 0 Å². The van der Waals surface area contributed by atoms with Crippen molar-refractivity contribution in [2.45, 2.75) is 57.5 Å². The van der Waals surface area contributed by atoms with Crippen LogP contribution in [0.15, 0.2) is 4.52 Å². The summed E-state index contributed by atoms with van der Waals surface area (Å²) in [5.74, 6) is 2.24. The SMILES string of the molecule is COC1(c2noc(CC(=O)C3CC3)n2)CCC(C)CC1. The summed E-state index contributed by atoms with van der Waals surface area (Å²) in [5, 5.41) is 4.08. The van der Waals surface area contributed by atoms with Gasteiger partial charge in [0.15, 0.2) is 0 Å². The molecule has 5 nitrogen and oxygen atoms in total. The number of aromatic nitrogens is 2. The highest BCUT2D eigenvalue weighted by Gasteiger charge is 2.40. The number of carbonyl (C=O) groups excluding carboxylic acids is 1. The summed E-state index contributed by atoms with van der Waals surface area (Å²) in [4.78, 5) is 16.2. The Morgan fingerprint density at radius 1 is 1.35 bits per heavy atom. The number of ether oxygens (including phenoxy) is 1. The summed E-state index contributed by atoms with van der Waals surface area (Å²) in [6.07, 6.45) is 6.35. The molecule has 0 unspecified atom stereocenters. The Morgan fingerprint density at radius 3 is 2.65 bits per heavy atom. The smallest absolute Gasteiger partial charge is 0.234 e. The summed E-state index contributed by atoms with van der Waals surface area (Å²) >= 11 is 0. The molecular formula is C15H22N2O3. The Kier molecular flexibility index (Phi) is 3.63. The Hall–Kier alpha value is -1.23. The van der Waals surface area contributed by atoms with Gasteiger partial charge in [0.1, 0.15) is 11.4 Å². The molecule has 0 amide bonds. The van der Waals surface area contributed by atoms with E-state index in [0.717, 1.165) is 44.4 Å². The van der Waals surface area contributed by atoms with Gasteiger partial charge in [0, 0.05) is 13.0 Å². The first kappa shape index (κ1) is 13.7. The van der Waals surface area contributed by atoms with E-state index in [1.165, 1.54) is 0 Å². The largest absolute Gasteiger partial charge is 0.370 e. The van der Waals surface area contributed by atoms with E-state index < -0.39 is 5.60 Å². The van der Waals surface area contributed by atoms with Crippen LogP contribution in [0.2, 0.25) is 0 Å². The predicted octanol–water partition coefficient (Wildman–Crippen LogP) is 2.64. The van der Waals surface area contributed by atoms with Crippen LogP contribution in [0.4, 0.5) is 0 Å². The molecule has 1 aromatic heterocycles. The zero-order valence-corrected chi connectivity index (χ0v) is 12.2. The van der Waals surface area contributed by atoms with Crippen LogP contribution >= 0.6 is 0 Å². The average molecular weight is 278 g/mol. The molecule has 0 radical (unpaired) electrons. The lowest BCUT2D eigenvalue weighted by Crippen LogP contribution is -2.34. The molecule has 0 aromatic carbocycles. The minimum absolute atomic E-state index is 0.226. The van der Waals surface area contributed by atoms with Gasteiger partial charge in [-0.15, -0.1) is 0 Å². The van der Waals surface area contributed by atoms with E-state index in [1.54, 1.807) is 7.11 Å². The van der Waals surface area contributed by atoms with Crippen LogP contribution in [0, 0.1) is 11.8 Å². The number of carbonyl (C=O) groups is 1. The van der Waals surface area contributed by atoms with Crippen LogP contribution in [0.1, 0.15) is 57.2 Å². The van der Waals surface area contributed by atoms with E-state index in [9.17, 15) is 4.79 Å². The third kappa shape index (κ3) is 2.64. The van der Waals surface area contributed by atoms with Crippen molar-refractivity contribution >= 4 is 5.78 Å². The molecule has 2 aliphatic carbocycles. The number of Topliss-reactive ketones (excluding diaryl/α,β-unsaturated/α-hetero) is 1. The van der Waals surface area contributed by atoms with Crippen LogP contribution < -0.4 is 0 Å². The number of methoxy groups -OCH3 is 1. The molecule has 1 heterocycles. The first-order valence-corrected chi connectivity index (χ1v) is 7.54. The second-order valence-corrected chi connectivity index (χ2v) is 6.31. The van der Waals surface area contributed by atoms with Crippen molar-refractivity contribution < 1.29 is 14.1 Å². The van der Waals surface area contributed by atoms with Gasteiger partial charge < -0.3 is 9.26 Å². The normalized spacial score (nSPS) is 30.4. The van der Waals surface area contributed by atoms with Gasteiger partial charge >= 0.3 is 0 Å². The lowest BCUT2D eigenvalue weighted by molar-refractivity contribution is -0.119. The van der Waals surface area contributed by atoms with E-state index in [2.05, 4.69) is 17.1 Å². The van der Waals surface area contributed by atoms with E-state index in [0.29, 0.717) is 11.7 Å². The monoisotopic (exact) mass is 278 g/mol. The Morgan fingerprint density at radius 2 is 2.05 bits per heavy atom. The number of rotatable bonds is 5. The zero-order valence-electron chi connectivity index (χ0n) is 12.2. The zero-order chi connectivity index (χ0) is 14.2. The van der Waals surface area contributed by atoms with Crippen molar-refractivity contribution in [2.75, 3.05) is 7.11 Å². The quantitative estimate of drug-likeness (QED) is 0.828. The van der Waals surface area contributed by atoms with Gasteiger partial charge in [-0.05, 0) is 44.4 Å². The van der Waals surface area contributed by atoms with Crippen LogP contribution in [0.3, 0.4) is 0 Å². The third-order valence-electron chi connectivity index (χ3n) is 4.71. The second kappa shape index (κ2) is 5.28. The van der Waals surface area contributed by atoms with Gasteiger partial charge in [-0.2, -0.15) is 4.98 Å². The van der Waals surface area contributed by atoms with Crippen LogP contribution in [-0.4, -0.2) is 23.0 Å². The lowest BCUT2D eigenvalue weighted by atomic mass is 9.79. The molecule has 1 aromatic rings. The highest BCUT2D eigenvalue weighted by Crippen LogP contribution is 2.40. The molecule has 0 atom stereocenters. The van der Waals surface area contributed by atoms with Gasteiger partial charge in [-0.3, -0.25) is 4.79 Å². The first-order chi connectivity index (χ1) is 9.63. The maximum absolute atomic E-state index is 11.8. The first-order valence-electron chi connectivity index (χ1n) is 7.54. The molecule has 5 heteroatoms. The van der Waals surface area contributed by atoms with Crippen LogP contribution in [0.5, 0.6) is 0 Å². The number of ketones is 1. The summed E-state index contributed by atoms with van der Waals surface area (Å²) in [6, 6.07) is 0. The van der Waals surface area contributed by atoms with E-state index in [1.807, 2.05) is 0 Å². The lowest BCUT2D eigenvalue weighted by Gasteiger charge is -2.35. The molecule has 110 valence electrons. The van der Waals surface area contributed by atoms with Crippen molar-refractivity contribution in [1.82, 2.24) is 10.1 Å². The fraction of sp³-hybridized carbons (Fsp3) is 0.800. The van der Waals surface area contributed by atoms with Gasteiger partial charge in [0.2, 0.25) is 11.7 Å². The van der Waals surface area contributed by atoms with Crippen LogP contribution in [-0.2, 0) is 21.6 Å². The molecule has 3 rings (SSSR count). The predicted molar refractivity (Wildman–Crippen MR) is 72.1 cm³/mol. The van der Waals surface area contributed by atoms with Crippen molar-refractivity contribution in [1.29, 1.82) is 0 Å². The summed E-state index contributed by atoms with van der Waals surface area (Å²) < 4.78 is 11.0. The number of hydrogen-bond donors (Lipinski definition) is 0. The molecule has 20 heavy (non-hydrogen) atoms. The average Bonchev–Trinajstić information content (AvgIpc) is 3.21. The minimum atomic E-state index is -0.420. The molecule has 0 spiro atoms. The highest BCUT2D eigenvalue weighted by molar-refractivity contribution is 5.84. The molecule has 0 bridgehead atoms. The molecule has 0 N–H and O–H groups in total. The minimum Gasteiger partial charge on any atom is -0.370 e. The van der Waals surface area contributed by atoms with E-state index in [-0.39, 0.29) is 18.1 Å². The molecule has 2 fully saturated rings. The standard InChI is InChI=1S/C15H22N2O3/c1-10-5-7-15(19-2,8-6-10)14-16-13(20-17-14)9-12(18)11-3-4-11/h10-11H,3-9H2,1-2H3. The Bertz CT molecular complexity index is 485. The number of nitrogens with zero attached hydrogens (tertiary/aromatic N) is 2. The van der Waals surface area contributed by atoms with Crippen molar-refractivity contribution in [3.05, 3.63) is 11.7 Å². The van der Waals surface area contributed by atoms with E-state index in [4.69, 9.17) is 9.26 Å². The van der Waals surface area contributed by atoms with Gasteiger partial charge in [0.05, 0.1) is 6.42 Å². The van der Waals surface area contributed by atoms with Crippen molar-refractivity contribution in [3.63, 3.8) is 0 Å². The maximum atomic E-state index is 11.8. The van der Waals surface area contributed by atoms with E-state index >= 15 is 0 Å². The van der Waals surface area contributed by atoms with Crippen molar-refractivity contribution in [3.8, 4) is 0 Å². The topological polar surface area (TPSA) is 65.2 Å². The molecular weight excluding hydrogens is 256 g/mol. The third-order valence-corrected chi connectivity index (χ3v) is 4.71. The highest BCUT2D eigenvalue weighted by atomic mass is 16.5. The molecule has 2 aliphatic rings. The maximum Gasteiger partial charge on any atom is 0.234 e. The fourth-order valence-electron chi connectivity index (χ4n) is 2.96. The molecule has 0 aliphatic heterocycles. The Balaban J connectivity index is 1.72. The summed E-state index contributed by atoms with van der Waals surface area (Å²) in [5.41, 5.74) is -0.420. The fourth-order valence-corrected chi connectivity index (χ4v) is 2.96. The van der Waals surface area contributed by atoms with Crippen LogP contribution in [0.25, 0.3) is 0 Å². The Labute approximate surface area is 119 Å². The second-order valence-electron chi connectivity index (χ2n) is 6.31. The summed E-state index contributed by atoms with van der Waals surface area (Å²) in [6.45, 7) is 2.26. The molecule has 0 saturated heterocycles. The van der Waals surface area contributed by atoms with Gasteiger partial charge in [-0.25, -0.2) is 0 Å². The van der Waals surface area contributed by atoms with Crippen molar-refractivity contribution in [2.24, 2.45) is 11.8 Å².